The number of aliphatic hydroxyl groups excluding tert-OH is 1. The Kier molecular flexibility index (Phi) is 4.52. The van der Waals surface area contributed by atoms with Crippen LogP contribution in [0.15, 0.2) is 23.1 Å². The predicted molar refractivity (Wildman–Crippen MR) is 68.6 cm³/mol. The summed E-state index contributed by atoms with van der Waals surface area (Å²) < 4.78 is 44.5. The lowest BCUT2D eigenvalue weighted by molar-refractivity contribution is -0.390. The summed E-state index contributed by atoms with van der Waals surface area (Å²) in [5.74, 6) is -1.21. The molecule has 0 saturated carbocycles. The van der Waals surface area contributed by atoms with Crippen LogP contribution in [-0.2, 0) is 14.8 Å². The number of nitrogens with zero attached hydrogens (tertiary/aromatic N) is 2. The fourth-order valence-electron chi connectivity index (χ4n) is 2.04. The summed E-state index contributed by atoms with van der Waals surface area (Å²) in [5.41, 5.74) is -1.08. The Morgan fingerprint density at radius 3 is 2.86 bits per heavy atom. The van der Waals surface area contributed by atoms with Gasteiger partial charge in [-0.25, -0.2) is 8.42 Å². The molecule has 0 amide bonds. The van der Waals surface area contributed by atoms with Crippen LogP contribution in [0.5, 0.6) is 0 Å². The average molecular weight is 320 g/mol. The largest absolute Gasteiger partial charge is 0.394 e. The second-order valence-corrected chi connectivity index (χ2v) is 6.29. The lowest BCUT2D eigenvalue weighted by atomic mass is 10.3. The number of nitro benzene ring substituents is 1. The number of sulfonamides is 1. The van der Waals surface area contributed by atoms with E-state index in [1.807, 2.05) is 0 Å². The second-order valence-electron chi connectivity index (χ2n) is 4.38. The van der Waals surface area contributed by atoms with E-state index in [1.165, 1.54) is 0 Å². The Bertz CT molecular complexity index is 650. The SMILES string of the molecule is O=[N+]([O-])c1c(F)cccc1S(=O)(=O)N1CCOC(CO)C1. The van der Waals surface area contributed by atoms with Crippen molar-refractivity contribution >= 4 is 15.7 Å². The Morgan fingerprint density at radius 2 is 2.24 bits per heavy atom. The maximum absolute atomic E-state index is 13.6. The van der Waals surface area contributed by atoms with Crippen LogP contribution < -0.4 is 0 Å². The van der Waals surface area contributed by atoms with Crippen molar-refractivity contribution in [2.24, 2.45) is 0 Å². The molecule has 0 spiro atoms. The number of halogens is 1. The van der Waals surface area contributed by atoms with Gasteiger partial charge in [-0.2, -0.15) is 8.70 Å². The first-order valence-electron chi connectivity index (χ1n) is 6.03. The highest BCUT2D eigenvalue weighted by atomic mass is 32.2. The van der Waals surface area contributed by atoms with E-state index in [9.17, 15) is 22.9 Å². The van der Waals surface area contributed by atoms with Crippen molar-refractivity contribution in [3.05, 3.63) is 34.1 Å². The molecule has 1 fully saturated rings. The van der Waals surface area contributed by atoms with E-state index in [2.05, 4.69) is 0 Å². The minimum atomic E-state index is -4.24. The van der Waals surface area contributed by atoms with Gasteiger partial charge in [0.25, 0.3) is 0 Å². The minimum absolute atomic E-state index is 0.0213. The summed E-state index contributed by atoms with van der Waals surface area (Å²) in [7, 11) is -4.24. The number of ether oxygens (including phenoxy) is 1. The van der Waals surface area contributed by atoms with Gasteiger partial charge in [-0.15, -0.1) is 0 Å². The molecule has 1 N–H and O–H groups in total. The summed E-state index contributed by atoms with van der Waals surface area (Å²) in [4.78, 5) is 9.14. The monoisotopic (exact) mass is 320 g/mol. The number of aliphatic hydroxyl groups is 1. The third-order valence-electron chi connectivity index (χ3n) is 3.06. The van der Waals surface area contributed by atoms with Gasteiger partial charge in [0.05, 0.1) is 24.2 Å². The summed E-state index contributed by atoms with van der Waals surface area (Å²) in [5, 5.41) is 19.9. The molecule has 21 heavy (non-hydrogen) atoms. The van der Waals surface area contributed by atoms with E-state index in [0.29, 0.717) is 0 Å². The number of hydrogen-bond donors (Lipinski definition) is 1. The van der Waals surface area contributed by atoms with Gasteiger partial charge in [0.1, 0.15) is 0 Å². The Labute approximate surface area is 119 Å². The van der Waals surface area contributed by atoms with E-state index >= 15 is 0 Å². The van der Waals surface area contributed by atoms with Crippen molar-refractivity contribution in [3.8, 4) is 0 Å². The van der Waals surface area contributed by atoms with E-state index in [0.717, 1.165) is 22.5 Å². The molecule has 1 unspecified atom stereocenters. The van der Waals surface area contributed by atoms with Gasteiger partial charge in [-0.1, -0.05) is 6.07 Å². The summed E-state index contributed by atoms with van der Waals surface area (Å²) in [6.45, 7) is -0.496. The third kappa shape index (κ3) is 3.02. The van der Waals surface area contributed by atoms with Crippen LogP contribution in [0.25, 0.3) is 0 Å². The highest BCUT2D eigenvalue weighted by Gasteiger charge is 2.36. The third-order valence-corrected chi connectivity index (χ3v) is 4.95. The maximum Gasteiger partial charge on any atom is 0.324 e. The number of para-hydroxylation sites is 1. The Hall–Kier alpha value is -1.62. The van der Waals surface area contributed by atoms with Crippen molar-refractivity contribution in [1.82, 2.24) is 4.31 Å². The molecule has 1 atom stereocenters. The lowest BCUT2D eigenvalue weighted by Crippen LogP contribution is -2.46. The fraction of sp³-hybridized carbons (Fsp3) is 0.455. The Morgan fingerprint density at radius 1 is 1.52 bits per heavy atom. The molecule has 1 aromatic rings. The molecular formula is C11H13FN2O6S. The average Bonchev–Trinajstić information content (AvgIpc) is 2.46. The lowest BCUT2D eigenvalue weighted by Gasteiger charge is -2.31. The van der Waals surface area contributed by atoms with Gasteiger partial charge < -0.3 is 9.84 Å². The van der Waals surface area contributed by atoms with Crippen molar-refractivity contribution < 1.29 is 27.6 Å². The Balaban J connectivity index is 2.45. The van der Waals surface area contributed by atoms with Gasteiger partial charge in [-0.3, -0.25) is 10.1 Å². The normalized spacial score (nSPS) is 20.4. The van der Waals surface area contributed by atoms with Gasteiger partial charge in [0, 0.05) is 13.1 Å². The number of hydrogen-bond acceptors (Lipinski definition) is 6. The molecule has 0 aromatic heterocycles. The molecule has 10 heteroatoms. The zero-order chi connectivity index (χ0) is 15.6. The first-order valence-corrected chi connectivity index (χ1v) is 7.47. The number of nitro groups is 1. The van der Waals surface area contributed by atoms with Gasteiger partial charge in [-0.05, 0) is 12.1 Å². The molecule has 0 bridgehead atoms. The molecule has 2 rings (SSSR count). The van der Waals surface area contributed by atoms with E-state index < -0.39 is 37.5 Å². The fourth-order valence-corrected chi connectivity index (χ4v) is 3.66. The van der Waals surface area contributed by atoms with Crippen LogP contribution in [0.4, 0.5) is 10.1 Å². The molecule has 116 valence electrons. The molecule has 1 aromatic carbocycles. The quantitative estimate of drug-likeness (QED) is 0.623. The molecule has 1 aliphatic heterocycles. The topological polar surface area (TPSA) is 110 Å². The van der Waals surface area contributed by atoms with Gasteiger partial charge in [0.15, 0.2) is 4.90 Å². The van der Waals surface area contributed by atoms with Crippen LogP contribution in [0.1, 0.15) is 0 Å². The first-order chi connectivity index (χ1) is 9.87. The molecule has 0 radical (unpaired) electrons. The minimum Gasteiger partial charge on any atom is -0.394 e. The molecular weight excluding hydrogens is 307 g/mol. The van der Waals surface area contributed by atoms with E-state index in [4.69, 9.17) is 9.84 Å². The van der Waals surface area contributed by atoms with Crippen LogP contribution in [-0.4, -0.2) is 55.2 Å². The standard InChI is InChI=1S/C11H13FN2O6S/c12-9-2-1-3-10(11(9)14(16)17)21(18,19)13-4-5-20-8(6-13)7-15/h1-3,8,15H,4-7H2. The number of rotatable bonds is 4. The van der Waals surface area contributed by atoms with E-state index in [1.54, 1.807) is 0 Å². The van der Waals surface area contributed by atoms with Crippen molar-refractivity contribution in [1.29, 1.82) is 0 Å². The molecule has 8 nitrogen and oxygen atoms in total. The highest BCUT2D eigenvalue weighted by Crippen LogP contribution is 2.29. The van der Waals surface area contributed by atoms with Crippen molar-refractivity contribution in [2.45, 2.75) is 11.0 Å². The van der Waals surface area contributed by atoms with Crippen LogP contribution in [0.3, 0.4) is 0 Å². The first kappa shape index (κ1) is 15.8. The van der Waals surface area contributed by atoms with E-state index in [-0.39, 0.29) is 26.3 Å². The molecule has 0 aliphatic carbocycles. The zero-order valence-corrected chi connectivity index (χ0v) is 11.6. The smallest absolute Gasteiger partial charge is 0.324 e. The number of benzene rings is 1. The molecule has 1 heterocycles. The number of morpholine rings is 1. The van der Waals surface area contributed by atoms with Crippen LogP contribution >= 0.6 is 0 Å². The highest BCUT2D eigenvalue weighted by molar-refractivity contribution is 7.89. The summed E-state index contributed by atoms with van der Waals surface area (Å²) in [6, 6.07) is 2.91. The summed E-state index contributed by atoms with van der Waals surface area (Å²) in [6.07, 6.45) is -0.707. The van der Waals surface area contributed by atoms with Crippen LogP contribution in [0, 0.1) is 15.9 Å². The predicted octanol–water partition coefficient (Wildman–Crippen LogP) is 0.116. The van der Waals surface area contributed by atoms with Gasteiger partial charge >= 0.3 is 5.69 Å². The molecule has 1 aliphatic rings. The second kappa shape index (κ2) is 6.02. The summed E-state index contributed by atoms with van der Waals surface area (Å²) >= 11 is 0. The van der Waals surface area contributed by atoms with Crippen molar-refractivity contribution in [2.75, 3.05) is 26.3 Å². The van der Waals surface area contributed by atoms with Gasteiger partial charge in [0.2, 0.25) is 15.8 Å². The molecule has 1 saturated heterocycles. The van der Waals surface area contributed by atoms with Crippen molar-refractivity contribution in [3.63, 3.8) is 0 Å². The van der Waals surface area contributed by atoms with Crippen LogP contribution in [0.2, 0.25) is 0 Å². The zero-order valence-electron chi connectivity index (χ0n) is 10.8. The maximum atomic E-state index is 13.6.